The van der Waals surface area contributed by atoms with Crippen LogP contribution in [0.4, 0.5) is 0 Å². The fourth-order valence-corrected chi connectivity index (χ4v) is 0. The van der Waals surface area contributed by atoms with Gasteiger partial charge in [-0.2, -0.15) is 0 Å². The first-order valence-corrected chi connectivity index (χ1v) is 1.37. The number of amides is 1. The van der Waals surface area contributed by atoms with E-state index in [9.17, 15) is 4.79 Å². The van der Waals surface area contributed by atoms with E-state index in [1.54, 1.807) is 0 Å². The van der Waals surface area contributed by atoms with E-state index in [1.807, 2.05) is 0 Å². The van der Waals surface area contributed by atoms with Crippen molar-refractivity contribution in [3.05, 3.63) is 5.32 Å². The topological polar surface area (TPSA) is 31.2 Å². The molecule has 0 aromatic heterocycles. The zero-order valence-corrected chi connectivity index (χ0v) is 6.70. The average molecular weight is 256 g/mol. The number of hydrogen-bond acceptors (Lipinski definition) is 1. The Bertz CT molecular complexity index is 46.1. The zero-order valence-electron chi connectivity index (χ0n) is 3.76. The molecular weight excluding hydrogens is 250 g/mol. The number of carbonyl (C=O) groups is 1. The monoisotopic (exact) mass is 256 g/mol. The van der Waals surface area contributed by atoms with Crippen molar-refractivity contribution in [2.45, 2.75) is 6.92 Å². The van der Waals surface area contributed by atoms with E-state index >= 15 is 0 Å². The molecule has 36 valence electrons. The Morgan fingerprint density at radius 1 is 1.67 bits per heavy atom. The molecule has 0 aliphatic rings. The van der Waals surface area contributed by atoms with E-state index in [0.29, 0.717) is 0 Å². The van der Waals surface area contributed by atoms with Gasteiger partial charge in [0.1, 0.15) is 0 Å². The van der Waals surface area contributed by atoms with Gasteiger partial charge in [-0.1, -0.05) is 0 Å². The van der Waals surface area contributed by atoms with Gasteiger partial charge in [-0.05, 0) is 6.92 Å². The van der Waals surface area contributed by atoms with Crippen LogP contribution in [0, 0.1) is 0 Å². The fraction of sp³-hybridized carbons (Fsp3) is 0.667. The fourth-order valence-electron chi connectivity index (χ4n) is 0. The van der Waals surface area contributed by atoms with Crippen molar-refractivity contribution in [2.75, 3.05) is 7.05 Å². The predicted molar refractivity (Wildman–Crippen MR) is 20.0 cm³/mol. The summed E-state index contributed by atoms with van der Waals surface area (Å²) in [5, 5.41) is 3.25. The Labute approximate surface area is 51.6 Å². The van der Waals surface area contributed by atoms with Gasteiger partial charge in [0.2, 0.25) is 0 Å². The first-order chi connectivity index (χ1) is 2.27. The molecule has 3 heteroatoms. The standard InChI is InChI=1S/C3H7NO.W/c1-3(5)4-2;/h1-2H3,(H,4,5);/p-1. The third-order valence-electron chi connectivity index (χ3n) is 0.315. The maximum absolute atomic E-state index is 9.65. The minimum Gasteiger partial charge on any atom is -0.656 e. The quantitative estimate of drug-likeness (QED) is 0.622. The Hall–Kier alpha value is 0.158. The maximum Gasteiger partial charge on any atom is 0.0478 e. The molecule has 0 aromatic carbocycles. The zero-order chi connectivity index (χ0) is 4.28. The van der Waals surface area contributed by atoms with Crippen LogP contribution >= 0.6 is 0 Å². The molecule has 0 N–H and O–H groups in total. The summed E-state index contributed by atoms with van der Waals surface area (Å²) in [5.41, 5.74) is 0. The molecule has 0 atom stereocenters. The van der Waals surface area contributed by atoms with Crippen LogP contribution in [0.1, 0.15) is 6.92 Å². The van der Waals surface area contributed by atoms with Gasteiger partial charge in [0.25, 0.3) is 0 Å². The molecule has 0 fully saturated rings. The molecule has 0 bridgehead atoms. The second kappa shape index (κ2) is 5.16. The van der Waals surface area contributed by atoms with Crippen molar-refractivity contribution in [1.29, 1.82) is 0 Å². The van der Waals surface area contributed by atoms with E-state index in [2.05, 4.69) is 5.32 Å². The van der Waals surface area contributed by atoms with Crippen LogP contribution in [-0.4, -0.2) is 13.0 Å². The van der Waals surface area contributed by atoms with Crippen LogP contribution in [0.15, 0.2) is 0 Å². The molecule has 0 rings (SSSR count). The van der Waals surface area contributed by atoms with Gasteiger partial charge in [-0.15, -0.1) is 7.05 Å². The van der Waals surface area contributed by atoms with Crippen LogP contribution < -0.4 is 0 Å². The number of hydrogen-bond donors (Lipinski definition) is 0. The molecular formula is C3H6NOW-. The number of rotatable bonds is 0. The summed E-state index contributed by atoms with van der Waals surface area (Å²) >= 11 is 0. The summed E-state index contributed by atoms with van der Waals surface area (Å²) in [7, 11) is 1.47. The van der Waals surface area contributed by atoms with Crippen molar-refractivity contribution in [1.82, 2.24) is 0 Å². The number of nitrogens with zero attached hydrogens (tertiary/aromatic N) is 1. The molecule has 6 heavy (non-hydrogen) atoms. The molecule has 1 amide bonds. The molecule has 0 unspecified atom stereocenters. The van der Waals surface area contributed by atoms with Gasteiger partial charge in [-0.3, -0.25) is 0 Å². The summed E-state index contributed by atoms with van der Waals surface area (Å²) in [6.45, 7) is 1.42. The van der Waals surface area contributed by atoms with Gasteiger partial charge in [-0.25, -0.2) is 0 Å². The molecule has 0 aliphatic heterocycles. The van der Waals surface area contributed by atoms with Crippen LogP contribution in [0.2, 0.25) is 0 Å². The minimum atomic E-state index is -0.120. The van der Waals surface area contributed by atoms with Gasteiger partial charge >= 0.3 is 0 Å². The summed E-state index contributed by atoms with van der Waals surface area (Å²) in [6, 6.07) is 0. The van der Waals surface area contributed by atoms with E-state index in [-0.39, 0.29) is 27.0 Å². The first-order valence-electron chi connectivity index (χ1n) is 1.37. The van der Waals surface area contributed by atoms with Crippen molar-refractivity contribution in [3.8, 4) is 0 Å². The maximum atomic E-state index is 9.65. The van der Waals surface area contributed by atoms with E-state index in [1.165, 1.54) is 14.0 Å². The SMILES string of the molecule is C[N-]C(C)=O.[W]. The minimum absolute atomic E-state index is 0. The Balaban J connectivity index is 0. The first kappa shape index (κ1) is 9.48. The van der Waals surface area contributed by atoms with Gasteiger partial charge < -0.3 is 10.1 Å². The predicted octanol–water partition coefficient (Wildman–Crippen LogP) is 0.534. The molecule has 0 radical (unpaired) electrons. The third kappa shape index (κ3) is 8.90. The van der Waals surface area contributed by atoms with Crippen LogP contribution in [0.3, 0.4) is 0 Å². The van der Waals surface area contributed by atoms with Crippen molar-refractivity contribution in [3.63, 3.8) is 0 Å². The molecule has 0 saturated carbocycles. The van der Waals surface area contributed by atoms with Crippen molar-refractivity contribution >= 4 is 5.91 Å². The normalized spacial score (nSPS) is 5.67. The van der Waals surface area contributed by atoms with Crippen LogP contribution in [-0.2, 0) is 25.9 Å². The number of carbonyl (C=O) groups excluding carboxylic acids is 1. The molecule has 0 heterocycles. The summed E-state index contributed by atoms with van der Waals surface area (Å²) < 4.78 is 0. The molecule has 0 aliphatic carbocycles. The van der Waals surface area contributed by atoms with Gasteiger partial charge in [0, 0.05) is 27.0 Å². The third-order valence-corrected chi connectivity index (χ3v) is 0.315. The Morgan fingerprint density at radius 2 is 1.83 bits per heavy atom. The summed E-state index contributed by atoms with van der Waals surface area (Å²) in [4.78, 5) is 9.65. The molecule has 2 nitrogen and oxygen atoms in total. The molecule has 0 aromatic rings. The van der Waals surface area contributed by atoms with Gasteiger partial charge in [0.05, 0.1) is 0 Å². The van der Waals surface area contributed by atoms with Crippen LogP contribution in [0.25, 0.3) is 5.32 Å². The Kier molecular flexibility index (Phi) is 8.15. The molecule has 0 saturated heterocycles. The van der Waals surface area contributed by atoms with E-state index in [0.717, 1.165) is 0 Å². The van der Waals surface area contributed by atoms with E-state index in [4.69, 9.17) is 0 Å². The summed E-state index contributed by atoms with van der Waals surface area (Å²) in [5.74, 6) is -0.120. The van der Waals surface area contributed by atoms with Crippen LogP contribution in [0.5, 0.6) is 0 Å². The second-order valence-corrected chi connectivity index (χ2v) is 0.743. The second-order valence-electron chi connectivity index (χ2n) is 0.743. The summed E-state index contributed by atoms with van der Waals surface area (Å²) in [6.07, 6.45) is 0. The smallest absolute Gasteiger partial charge is 0.0478 e. The van der Waals surface area contributed by atoms with Crippen molar-refractivity contribution < 1.29 is 25.9 Å². The van der Waals surface area contributed by atoms with E-state index < -0.39 is 0 Å². The average Bonchev–Trinajstić information content (AvgIpc) is 1.38. The largest absolute Gasteiger partial charge is 0.656 e. The van der Waals surface area contributed by atoms with Crippen molar-refractivity contribution in [2.24, 2.45) is 0 Å². The Morgan fingerprint density at radius 3 is 1.83 bits per heavy atom. The van der Waals surface area contributed by atoms with Gasteiger partial charge in [0.15, 0.2) is 0 Å². The molecule has 0 spiro atoms.